The van der Waals surface area contributed by atoms with Crippen molar-refractivity contribution in [3.8, 4) is 0 Å². The maximum atomic E-state index is 12.8. The van der Waals surface area contributed by atoms with Gasteiger partial charge in [-0.25, -0.2) is 4.39 Å². The predicted molar refractivity (Wildman–Crippen MR) is 40.9 cm³/mol. The number of rotatable bonds is 3. The highest BCUT2D eigenvalue weighted by Crippen LogP contribution is 2.56. The largest absolute Gasteiger partial charge is 0.368 e. The van der Waals surface area contributed by atoms with E-state index in [2.05, 4.69) is 0 Å². The van der Waals surface area contributed by atoms with Gasteiger partial charge in [0.2, 0.25) is 5.83 Å². The van der Waals surface area contributed by atoms with Crippen LogP contribution in [0.5, 0.6) is 0 Å². The van der Waals surface area contributed by atoms with Gasteiger partial charge >= 0.3 is 11.8 Å². The van der Waals surface area contributed by atoms with Crippen molar-refractivity contribution in [3.63, 3.8) is 0 Å². The summed E-state index contributed by atoms with van der Waals surface area (Å²) in [5.74, 6) is -11.0. The standard InChI is InChI=1S/C8H10F5N/c1-3-14(4-2)6-5(9)7(10,11)8(6,12)13/h3-4H2,1-2H3. The third-order valence-corrected chi connectivity index (χ3v) is 2.25. The Morgan fingerprint density at radius 1 is 1.00 bits per heavy atom. The zero-order chi connectivity index (χ0) is 11.1. The molecule has 0 N–H and O–H groups in total. The Kier molecular flexibility index (Phi) is 2.49. The second kappa shape index (κ2) is 3.10. The molecule has 0 radical (unpaired) electrons. The van der Waals surface area contributed by atoms with E-state index in [1.165, 1.54) is 13.8 Å². The molecule has 1 aliphatic carbocycles. The van der Waals surface area contributed by atoms with Crippen LogP contribution in [0.1, 0.15) is 13.8 Å². The normalized spacial score (nSPS) is 23.4. The lowest BCUT2D eigenvalue weighted by atomic mass is 9.92. The first kappa shape index (κ1) is 11.3. The van der Waals surface area contributed by atoms with E-state index >= 15 is 0 Å². The van der Waals surface area contributed by atoms with Crippen molar-refractivity contribution in [2.45, 2.75) is 25.7 Å². The molecule has 0 aliphatic heterocycles. The topological polar surface area (TPSA) is 3.24 Å². The van der Waals surface area contributed by atoms with E-state index in [0.717, 1.165) is 4.90 Å². The Hall–Kier alpha value is -0.810. The van der Waals surface area contributed by atoms with Gasteiger partial charge in [0.15, 0.2) is 0 Å². The van der Waals surface area contributed by atoms with Gasteiger partial charge in [-0.3, -0.25) is 0 Å². The van der Waals surface area contributed by atoms with Crippen LogP contribution in [-0.2, 0) is 0 Å². The number of hydrogen-bond acceptors (Lipinski definition) is 1. The highest BCUT2D eigenvalue weighted by atomic mass is 19.3. The average Bonchev–Trinajstić information content (AvgIpc) is 2.12. The molecule has 0 spiro atoms. The molecule has 0 saturated heterocycles. The van der Waals surface area contributed by atoms with Gasteiger partial charge in [0.1, 0.15) is 5.70 Å². The smallest absolute Gasteiger partial charge is 0.368 e. The monoisotopic (exact) mass is 215 g/mol. The van der Waals surface area contributed by atoms with E-state index in [1.807, 2.05) is 0 Å². The van der Waals surface area contributed by atoms with Gasteiger partial charge in [0, 0.05) is 13.1 Å². The molecule has 0 aromatic carbocycles. The molecule has 0 saturated carbocycles. The highest BCUT2D eigenvalue weighted by molar-refractivity contribution is 5.38. The van der Waals surface area contributed by atoms with E-state index in [0.29, 0.717) is 0 Å². The van der Waals surface area contributed by atoms with E-state index in [1.54, 1.807) is 0 Å². The lowest BCUT2D eigenvalue weighted by Gasteiger charge is -2.41. The third kappa shape index (κ3) is 1.12. The molecule has 0 amide bonds. The number of halogens is 5. The average molecular weight is 215 g/mol. The fraction of sp³-hybridized carbons (Fsp3) is 0.750. The lowest BCUT2D eigenvalue weighted by molar-refractivity contribution is -0.218. The zero-order valence-corrected chi connectivity index (χ0v) is 7.75. The Labute approximate surface area is 78.2 Å². The summed E-state index contributed by atoms with van der Waals surface area (Å²) < 4.78 is 63.0. The van der Waals surface area contributed by atoms with Gasteiger partial charge in [-0.2, -0.15) is 17.6 Å². The number of alkyl halides is 4. The van der Waals surface area contributed by atoms with Crippen molar-refractivity contribution >= 4 is 0 Å². The van der Waals surface area contributed by atoms with Crippen molar-refractivity contribution in [2.24, 2.45) is 0 Å². The molecule has 6 heteroatoms. The van der Waals surface area contributed by atoms with Gasteiger partial charge in [-0.15, -0.1) is 0 Å². The first-order chi connectivity index (χ1) is 6.30. The van der Waals surface area contributed by atoms with E-state index in [-0.39, 0.29) is 13.1 Å². The molecule has 1 aliphatic rings. The molecule has 0 aromatic heterocycles. The van der Waals surface area contributed by atoms with Gasteiger partial charge in [0.25, 0.3) is 0 Å². The summed E-state index contributed by atoms with van der Waals surface area (Å²) in [5, 5.41) is 0. The van der Waals surface area contributed by atoms with Crippen LogP contribution in [0.25, 0.3) is 0 Å². The second-order valence-electron chi connectivity index (χ2n) is 2.98. The maximum Gasteiger partial charge on any atom is 0.368 e. The molecule has 0 bridgehead atoms. The van der Waals surface area contributed by atoms with E-state index in [9.17, 15) is 22.0 Å². The quantitative estimate of drug-likeness (QED) is 0.654. The van der Waals surface area contributed by atoms with E-state index < -0.39 is 23.4 Å². The Morgan fingerprint density at radius 3 is 1.71 bits per heavy atom. The Balaban J connectivity index is 3.07. The summed E-state index contributed by atoms with van der Waals surface area (Å²) in [6, 6.07) is 0. The van der Waals surface area contributed by atoms with Crippen LogP contribution in [0.15, 0.2) is 11.5 Å². The summed E-state index contributed by atoms with van der Waals surface area (Å²) in [7, 11) is 0. The minimum Gasteiger partial charge on any atom is -0.368 e. The van der Waals surface area contributed by atoms with Gasteiger partial charge in [-0.1, -0.05) is 0 Å². The Morgan fingerprint density at radius 2 is 1.43 bits per heavy atom. The minimum absolute atomic E-state index is 0.0743. The molecular formula is C8H10F5N. The van der Waals surface area contributed by atoms with Crippen LogP contribution in [0.4, 0.5) is 22.0 Å². The van der Waals surface area contributed by atoms with Crippen LogP contribution in [0.2, 0.25) is 0 Å². The second-order valence-corrected chi connectivity index (χ2v) is 2.98. The molecule has 0 heterocycles. The fourth-order valence-electron chi connectivity index (χ4n) is 1.39. The molecule has 14 heavy (non-hydrogen) atoms. The highest BCUT2D eigenvalue weighted by Gasteiger charge is 2.74. The van der Waals surface area contributed by atoms with Gasteiger partial charge < -0.3 is 4.90 Å². The Bertz CT molecular complexity index is 267. The number of allylic oxidation sites excluding steroid dienone is 2. The maximum absolute atomic E-state index is 12.8. The molecule has 82 valence electrons. The first-order valence-electron chi connectivity index (χ1n) is 4.22. The molecule has 1 rings (SSSR count). The summed E-state index contributed by atoms with van der Waals surface area (Å²) >= 11 is 0. The van der Waals surface area contributed by atoms with Crippen LogP contribution in [-0.4, -0.2) is 29.8 Å². The van der Waals surface area contributed by atoms with Crippen molar-refractivity contribution in [3.05, 3.63) is 11.5 Å². The minimum atomic E-state index is -4.63. The molecule has 0 unspecified atom stereocenters. The number of hydrogen-bond donors (Lipinski definition) is 0. The summed E-state index contributed by atoms with van der Waals surface area (Å²) in [4.78, 5) is 0.896. The van der Waals surface area contributed by atoms with Gasteiger partial charge in [-0.05, 0) is 13.8 Å². The van der Waals surface area contributed by atoms with Crippen molar-refractivity contribution in [1.29, 1.82) is 0 Å². The molecule has 1 nitrogen and oxygen atoms in total. The summed E-state index contributed by atoms with van der Waals surface area (Å²) in [5.41, 5.74) is -1.17. The van der Waals surface area contributed by atoms with Crippen LogP contribution < -0.4 is 0 Å². The molecular weight excluding hydrogens is 205 g/mol. The fourth-order valence-corrected chi connectivity index (χ4v) is 1.39. The van der Waals surface area contributed by atoms with Crippen LogP contribution in [0, 0.1) is 0 Å². The van der Waals surface area contributed by atoms with Gasteiger partial charge in [0.05, 0.1) is 0 Å². The van der Waals surface area contributed by atoms with Crippen LogP contribution in [0.3, 0.4) is 0 Å². The summed E-state index contributed by atoms with van der Waals surface area (Å²) in [6.45, 7) is 3.14. The van der Waals surface area contributed by atoms with Crippen molar-refractivity contribution in [1.82, 2.24) is 4.90 Å². The van der Waals surface area contributed by atoms with E-state index in [4.69, 9.17) is 0 Å². The number of nitrogens with zero attached hydrogens (tertiary/aromatic N) is 1. The third-order valence-electron chi connectivity index (χ3n) is 2.25. The molecule has 0 aromatic rings. The van der Waals surface area contributed by atoms with Crippen molar-refractivity contribution < 1.29 is 22.0 Å². The SMILES string of the molecule is CCN(CC)C1=C(F)C(F)(F)C1(F)F. The predicted octanol–water partition coefficient (Wildman–Crippen LogP) is 2.79. The molecule has 0 fully saturated rings. The first-order valence-corrected chi connectivity index (χ1v) is 4.22. The lowest BCUT2D eigenvalue weighted by Crippen LogP contribution is -2.57. The summed E-state index contributed by atoms with van der Waals surface area (Å²) in [6.07, 6.45) is 0. The van der Waals surface area contributed by atoms with Crippen LogP contribution >= 0.6 is 0 Å². The zero-order valence-electron chi connectivity index (χ0n) is 7.75. The molecule has 0 atom stereocenters. The van der Waals surface area contributed by atoms with Crippen molar-refractivity contribution in [2.75, 3.05) is 13.1 Å².